The molecule has 2 aromatic rings. The van der Waals surface area contributed by atoms with Crippen LogP contribution in [0.1, 0.15) is 11.3 Å². The van der Waals surface area contributed by atoms with Gasteiger partial charge in [0.25, 0.3) is 10.0 Å². The second-order valence-corrected chi connectivity index (χ2v) is 6.85. The molecular formula is C12H12Cl2N4O2S. The SMILES string of the molecule is Cc1cc(Cl)nc(NS(=O)(=O)c2cc(N)c(Cl)cc2C)n1. The van der Waals surface area contributed by atoms with Gasteiger partial charge in [0.2, 0.25) is 5.95 Å². The summed E-state index contributed by atoms with van der Waals surface area (Å²) in [7, 11) is -3.89. The molecule has 0 spiro atoms. The van der Waals surface area contributed by atoms with Crippen molar-refractivity contribution >= 4 is 44.9 Å². The molecular weight excluding hydrogens is 335 g/mol. The zero-order chi connectivity index (χ0) is 15.8. The first-order valence-electron chi connectivity index (χ1n) is 5.78. The van der Waals surface area contributed by atoms with E-state index < -0.39 is 10.0 Å². The fraction of sp³-hybridized carbons (Fsp3) is 0.167. The van der Waals surface area contributed by atoms with Gasteiger partial charge in [-0.2, -0.15) is 0 Å². The molecule has 0 aliphatic rings. The molecule has 3 N–H and O–H groups in total. The molecule has 112 valence electrons. The van der Waals surface area contributed by atoms with Crippen molar-refractivity contribution in [3.8, 4) is 0 Å². The largest absolute Gasteiger partial charge is 0.397 e. The van der Waals surface area contributed by atoms with Crippen LogP contribution in [0.25, 0.3) is 0 Å². The molecule has 1 aromatic heterocycles. The molecule has 1 heterocycles. The summed E-state index contributed by atoms with van der Waals surface area (Å²) in [5.74, 6) is -0.104. The Labute approximate surface area is 132 Å². The molecule has 0 saturated carbocycles. The van der Waals surface area contributed by atoms with Crippen LogP contribution in [0.5, 0.6) is 0 Å². The monoisotopic (exact) mass is 346 g/mol. The fourth-order valence-corrected chi connectivity index (χ4v) is 3.37. The molecule has 0 atom stereocenters. The summed E-state index contributed by atoms with van der Waals surface area (Å²) in [6.07, 6.45) is 0. The van der Waals surface area contributed by atoms with E-state index >= 15 is 0 Å². The second-order valence-electron chi connectivity index (χ2n) is 4.40. The molecule has 0 aliphatic heterocycles. The van der Waals surface area contributed by atoms with E-state index in [9.17, 15) is 8.42 Å². The summed E-state index contributed by atoms with van der Waals surface area (Å²) >= 11 is 11.6. The van der Waals surface area contributed by atoms with Gasteiger partial charge in [0.05, 0.1) is 15.6 Å². The molecule has 6 nitrogen and oxygen atoms in total. The van der Waals surface area contributed by atoms with Gasteiger partial charge in [0.15, 0.2) is 0 Å². The van der Waals surface area contributed by atoms with Gasteiger partial charge in [-0.25, -0.2) is 23.1 Å². The standard InChI is InChI=1S/C12H12Cl2N4O2S/c1-6-3-8(13)9(15)5-10(6)21(19,20)18-12-16-7(2)4-11(14)17-12/h3-5H,15H2,1-2H3,(H,16,17,18). The van der Waals surface area contributed by atoms with Crippen LogP contribution in [-0.2, 0) is 10.0 Å². The highest BCUT2D eigenvalue weighted by Crippen LogP contribution is 2.27. The normalized spacial score (nSPS) is 11.4. The highest BCUT2D eigenvalue weighted by Gasteiger charge is 2.20. The third kappa shape index (κ3) is 3.55. The number of sulfonamides is 1. The molecule has 0 radical (unpaired) electrons. The maximum absolute atomic E-state index is 12.4. The molecule has 0 aliphatic carbocycles. The van der Waals surface area contributed by atoms with E-state index in [1.54, 1.807) is 13.8 Å². The number of nitrogen functional groups attached to an aromatic ring is 1. The number of nitrogens with zero attached hydrogens (tertiary/aromatic N) is 2. The van der Waals surface area contributed by atoms with Gasteiger partial charge < -0.3 is 5.73 Å². The van der Waals surface area contributed by atoms with Crippen molar-refractivity contribution in [1.29, 1.82) is 0 Å². The van der Waals surface area contributed by atoms with Crippen molar-refractivity contribution in [1.82, 2.24) is 9.97 Å². The Bertz CT molecular complexity index is 789. The molecule has 2 rings (SSSR count). The molecule has 0 fully saturated rings. The highest BCUT2D eigenvalue weighted by atomic mass is 35.5. The highest BCUT2D eigenvalue weighted by molar-refractivity contribution is 7.92. The van der Waals surface area contributed by atoms with Crippen LogP contribution in [-0.4, -0.2) is 18.4 Å². The lowest BCUT2D eigenvalue weighted by Gasteiger charge is -2.11. The molecule has 0 unspecified atom stereocenters. The van der Waals surface area contributed by atoms with Crippen molar-refractivity contribution in [2.45, 2.75) is 18.7 Å². The summed E-state index contributed by atoms with van der Waals surface area (Å²) in [5.41, 5.74) is 6.82. The van der Waals surface area contributed by atoms with Crippen molar-refractivity contribution in [2.75, 3.05) is 10.5 Å². The number of aromatic nitrogens is 2. The van der Waals surface area contributed by atoms with Gasteiger partial charge in [-0.3, -0.25) is 0 Å². The molecule has 0 bridgehead atoms. The van der Waals surface area contributed by atoms with E-state index in [4.69, 9.17) is 28.9 Å². The predicted molar refractivity (Wildman–Crippen MR) is 83.2 cm³/mol. The van der Waals surface area contributed by atoms with Gasteiger partial charge in [0.1, 0.15) is 5.15 Å². The molecule has 9 heteroatoms. The fourth-order valence-electron chi connectivity index (χ4n) is 1.71. The predicted octanol–water partition coefficient (Wildman–Crippen LogP) is 2.78. The molecule has 21 heavy (non-hydrogen) atoms. The number of hydrogen-bond acceptors (Lipinski definition) is 5. The van der Waals surface area contributed by atoms with Crippen molar-refractivity contribution in [3.63, 3.8) is 0 Å². The van der Waals surface area contributed by atoms with Crippen LogP contribution in [0, 0.1) is 13.8 Å². The maximum atomic E-state index is 12.4. The van der Waals surface area contributed by atoms with Gasteiger partial charge in [-0.15, -0.1) is 0 Å². The summed E-state index contributed by atoms with van der Waals surface area (Å²) in [6.45, 7) is 3.29. The van der Waals surface area contributed by atoms with Crippen molar-refractivity contribution in [3.05, 3.63) is 39.6 Å². The zero-order valence-electron chi connectivity index (χ0n) is 11.2. The summed E-state index contributed by atoms with van der Waals surface area (Å²) in [6, 6.07) is 4.29. The summed E-state index contributed by atoms with van der Waals surface area (Å²) in [5, 5.41) is 0.439. The van der Waals surface area contributed by atoms with E-state index in [1.807, 2.05) is 0 Å². The van der Waals surface area contributed by atoms with Gasteiger partial charge in [-0.1, -0.05) is 23.2 Å². The zero-order valence-corrected chi connectivity index (χ0v) is 13.5. The van der Waals surface area contributed by atoms with Crippen LogP contribution in [0.4, 0.5) is 11.6 Å². The Morgan fingerprint density at radius 1 is 1.14 bits per heavy atom. The number of rotatable bonds is 3. The Morgan fingerprint density at radius 2 is 1.81 bits per heavy atom. The minimum absolute atomic E-state index is 0.00521. The van der Waals surface area contributed by atoms with Crippen molar-refractivity contribution in [2.24, 2.45) is 0 Å². The average molecular weight is 347 g/mol. The van der Waals surface area contributed by atoms with Crippen molar-refractivity contribution < 1.29 is 8.42 Å². The first-order valence-corrected chi connectivity index (χ1v) is 8.02. The van der Waals surface area contributed by atoms with Crippen LogP contribution in [0.15, 0.2) is 23.1 Å². The number of halogens is 2. The molecule has 0 amide bonds. The lowest BCUT2D eigenvalue weighted by Crippen LogP contribution is -2.17. The summed E-state index contributed by atoms with van der Waals surface area (Å²) < 4.78 is 27.0. The topological polar surface area (TPSA) is 98.0 Å². The second kappa shape index (κ2) is 5.67. The Balaban J connectivity index is 2.45. The molecule has 1 aromatic carbocycles. The Kier molecular flexibility index (Phi) is 4.27. The maximum Gasteiger partial charge on any atom is 0.264 e. The average Bonchev–Trinajstić information content (AvgIpc) is 2.31. The Hall–Kier alpha value is -1.57. The van der Waals surface area contributed by atoms with Crippen LogP contribution >= 0.6 is 23.2 Å². The number of nitrogens with one attached hydrogen (secondary N) is 1. The lowest BCUT2D eigenvalue weighted by molar-refractivity contribution is 0.600. The van der Waals surface area contributed by atoms with Crippen LogP contribution < -0.4 is 10.5 Å². The first-order chi connectivity index (χ1) is 9.69. The lowest BCUT2D eigenvalue weighted by atomic mass is 10.2. The van der Waals surface area contributed by atoms with E-state index in [1.165, 1.54) is 18.2 Å². The van der Waals surface area contributed by atoms with Crippen LogP contribution in [0.2, 0.25) is 10.2 Å². The minimum atomic E-state index is -3.89. The molecule has 0 saturated heterocycles. The Morgan fingerprint density at radius 3 is 2.43 bits per heavy atom. The minimum Gasteiger partial charge on any atom is -0.397 e. The smallest absolute Gasteiger partial charge is 0.264 e. The quantitative estimate of drug-likeness (QED) is 0.657. The third-order valence-corrected chi connectivity index (χ3v) is 4.62. The van der Waals surface area contributed by atoms with Crippen LogP contribution in [0.3, 0.4) is 0 Å². The number of hydrogen-bond donors (Lipinski definition) is 2. The first kappa shape index (κ1) is 15.8. The van der Waals surface area contributed by atoms with Gasteiger partial charge in [-0.05, 0) is 37.6 Å². The number of nitrogens with two attached hydrogens (primary N) is 1. The summed E-state index contributed by atoms with van der Waals surface area (Å²) in [4.78, 5) is 7.80. The van der Waals surface area contributed by atoms with Gasteiger partial charge in [0, 0.05) is 5.69 Å². The van der Waals surface area contributed by atoms with Gasteiger partial charge >= 0.3 is 0 Å². The van der Waals surface area contributed by atoms with E-state index in [0.717, 1.165) is 0 Å². The number of aryl methyl sites for hydroxylation is 2. The van der Waals surface area contributed by atoms with E-state index in [0.29, 0.717) is 16.3 Å². The van der Waals surface area contributed by atoms with E-state index in [-0.39, 0.29) is 21.7 Å². The van der Waals surface area contributed by atoms with E-state index in [2.05, 4.69) is 14.7 Å². The number of benzene rings is 1. The number of anilines is 2. The third-order valence-electron chi connectivity index (χ3n) is 2.63.